The number of hydrogen-bond acceptors (Lipinski definition) is 5. The standard InChI is InChI=1S/C7H11NO5/c1-3-13-5(9)4-8-6(10)7(11)12-2/h3-4H2,1-2H3,(H,8,10). The zero-order valence-corrected chi connectivity index (χ0v) is 7.46. The molecule has 0 unspecified atom stereocenters. The second-order valence-corrected chi connectivity index (χ2v) is 1.98. The number of amides is 1. The van der Waals surface area contributed by atoms with Crippen molar-refractivity contribution in [1.29, 1.82) is 0 Å². The van der Waals surface area contributed by atoms with Crippen molar-refractivity contribution >= 4 is 17.8 Å². The van der Waals surface area contributed by atoms with E-state index in [-0.39, 0.29) is 13.2 Å². The van der Waals surface area contributed by atoms with Crippen LogP contribution in [-0.2, 0) is 23.9 Å². The summed E-state index contributed by atoms with van der Waals surface area (Å²) in [7, 11) is 1.08. The van der Waals surface area contributed by atoms with Gasteiger partial charge >= 0.3 is 17.8 Å². The Morgan fingerprint density at radius 3 is 2.38 bits per heavy atom. The summed E-state index contributed by atoms with van der Waals surface area (Å²) in [6, 6.07) is 0. The molecule has 0 heterocycles. The molecule has 6 heteroatoms. The van der Waals surface area contributed by atoms with E-state index in [4.69, 9.17) is 0 Å². The van der Waals surface area contributed by atoms with E-state index in [1.54, 1.807) is 6.92 Å². The van der Waals surface area contributed by atoms with E-state index in [1.807, 2.05) is 5.32 Å². The number of nitrogens with one attached hydrogen (secondary N) is 1. The summed E-state index contributed by atoms with van der Waals surface area (Å²) in [5, 5.41) is 2.03. The summed E-state index contributed by atoms with van der Waals surface area (Å²) < 4.78 is 8.60. The lowest BCUT2D eigenvalue weighted by atomic mass is 10.5. The number of ether oxygens (including phenoxy) is 2. The molecule has 1 N–H and O–H groups in total. The zero-order valence-electron chi connectivity index (χ0n) is 7.46. The van der Waals surface area contributed by atoms with Crippen LogP contribution in [0.15, 0.2) is 0 Å². The summed E-state index contributed by atoms with van der Waals surface area (Å²) in [6.07, 6.45) is 0. The van der Waals surface area contributed by atoms with Crippen molar-refractivity contribution in [1.82, 2.24) is 5.32 Å². The monoisotopic (exact) mass is 189 g/mol. The molecule has 0 bridgehead atoms. The molecule has 0 aromatic rings. The molecule has 0 saturated heterocycles. The third kappa shape index (κ3) is 4.78. The first-order chi connectivity index (χ1) is 6.11. The SMILES string of the molecule is CCOC(=O)CNC(=O)C(=O)OC. The van der Waals surface area contributed by atoms with Crippen LogP contribution >= 0.6 is 0 Å². The van der Waals surface area contributed by atoms with Crippen LogP contribution in [-0.4, -0.2) is 38.1 Å². The van der Waals surface area contributed by atoms with Gasteiger partial charge in [0.1, 0.15) is 6.54 Å². The van der Waals surface area contributed by atoms with Gasteiger partial charge < -0.3 is 14.8 Å². The minimum absolute atomic E-state index is 0.229. The van der Waals surface area contributed by atoms with Gasteiger partial charge in [-0.05, 0) is 6.92 Å². The molecule has 1 amide bonds. The predicted octanol–water partition coefficient (Wildman–Crippen LogP) is -1.16. The molecule has 0 aliphatic rings. The summed E-state index contributed by atoms with van der Waals surface area (Å²) in [6.45, 7) is 1.54. The Bertz CT molecular complexity index is 213. The molecule has 0 spiro atoms. The van der Waals surface area contributed by atoms with Gasteiger partial charge in [-0.1, -0.05) is 0 Å². The first kappa shape index (κ1) is 11.4. The third-order valence-corrected chi connectivity index (χ3v) is 1.07. The molecule has 0 saturated carbocycles. The van der Waals surface area contributed by atoms with Crippen LogP contribution in [0.3, 0.4) is 0 Å². The van der Waals surface area contributed by atoms with Gasteiger partial charge in [-0.25, -0.2) is 4.79 Å². The van der Waals surface area contributed by atoms with Crippen molar-refractivity contribution in [3.63, 3.8) is 0 Å². The lowest BCUT2D eigenvalue weighted by molar-refractivity contribution is -0.153. The minimum atomic E-state index is -1.04. The van der Waals surface area contributed by atoms with E-state index in [0.29, 0.717) is 0 Å². The predicted molar refractivity (Wildman–Crippen MR) is 41.7 cm³/mol. The van der Waals surface area contributed by atoms with Gasteiger partial charge in [0.05, 0.1) is 13.7 Å². The molecule has 0 aliphatic carbocycles. The fourth-order valence-corrected chi connectivity index (χ4v) is 0.529. The van der Waals surface area contributed by atoms with Crippen LogP contribution in [0.5, 0.6) is 0 Å². The Balaban J connectivity index is 3.70. The summed E-state index contributed by atoms with van der Waals surface area (Å²) >= 11 is 0. The van der Waals surface area contributed by atoms with Crippen molar-refractivity contribution in [2.75, 3.05) is 20.3 Å². The molecule has 0 radical (unpaired) electrons. The number of hydrogen-bond donors (Lipinski definition) is 1. The fraction of sp³-hybridized carbons (Fsp3) is 0.571. The Kier molecular flexibility index (Phi) is 5.25. The molecule has 6 nitrogen and oxygen atoms in total. The fourth-order valence-electron chi connectivity index (χ4n) is 0.529. The van der Waals surface area contributed by atoms with Gasteiger partial charge in [-0.15, -0.1) is 0 Å². The maximum atomic E-state index is 10.7. The number of carbonyl (C=O) groups is 3. The number of methoxy groups -OCH3 is 1. The molecular weight excluding hydrogens is 178 g/mol. The average Bonchev–Trinajstić information content (AvgIpc) is 2.13. The second-order valence-electron chi connectivity index (χ2n) is 1.98. The highest BCUT2D eigenvalue weighted by molar-refractivity contribution is 6.32. The normalized spacial score (nSPS) is 8.77. The van der Waals surface area contributed by atoms with E-state index < -0.39 is 17.8 Å². The molecule has 0 fully saturated rings. The number of carbonyl (C=O) groups excluding carboxylic acids is 3. The average molecular weight is 189 g/mol. The van der Waals surface area contributed by atoms with Gasteiger partial charge in [0.2, 0.25) is 0 Å². The highest BCUT2D eigenvalue weighted by Crippen LogP contribution is 1.77. The van der Waals surface area contributed by atoms with E-state index in [1.165, 1.54) is 0 Å². The van der Waals surface area contributed by atoms with E-state index >= 15 is 0 Å². The molecule has 0 aliphatic heterocycles. The maximum Gasteiger partial charge on any atom is 0.396 e. The number of esters is 2. The Morgan fingerprint density at radius 1 is 1.31 bits per heavy atom. The Hall–Kier alpha value is -1.59. The molecule has 0 rings (SSSR count). The van der Waals surface area contributed by atoms with E-state index in [9.17, 15) is 14.4 Å². The molecule has 0 atom stereocenters. The summed E-state index contributed by atoms with van der Waals surface area (Å²) in [5.74, 6) is -2.60. The molecule has 74 valence electrons. The lowest BCUT2D eigenvalue weighted by Crippen LogP contribution is -2.36. The van der Waals surface area contributed by atoms with Crippen molar-refractivity contribution in [2.45, 2.75) is 6.92 Å². The summed E-state index contributed by atoms with van der Waals surface area (Å²) in [5.41, 5.74) is 0. The van der Waals surface area contributed by atoms with Gasteiger partial charge in [-0.3, -0.25) is 9.59 Å². The van der Waals surface area contributed by atoms with Crippen LogP contribution in [0.1, 0.15) is 6.92 Å². The highest BCUT2D eigenvalue weighted by atomic mass is 16.5. The van der Waals surface area contributed by atoms with Crippen LogP contribution < -0.4 is 5.32 Å². The van der Waals surface area contributed by atoms with Crippen molar-refractivity contribution < 1.29 is 23.9 Å². The first-order valence-corrected chi connectivity index (χ1v) is 3.63. The third-order valence-electron chi connectivity index (χ3n) is 1.07. The Labute approximate surface area is 75.2 Å². The molecular formula is C7H11NO5. The van der Waals surface area contributed by atoms with Crippen molar-refractivity contribution in [3.8, 4) is 0 Å². The van der Waals surface area contributed by atoms with E-state index in [2.05, 4.69) is 9.47 Å². The van der Waals surface area contributed by atoms with Crippen molar-refractivity contribution in [2.24, 2.45) is 0 Å². The van der Waals surface area contributed by atoms with Crippen molar-refractivity contribution in [3.05, 3.63) is 0 Å². The van der Waals surface area contributed by atoms with Gasteiger partial charge in [-0.2, -0.15) is 0 Å². The topological polar surface area (TPSA) is 81.7 Å². The lowest BCUT2D eigenvalue weighted by Gasteiger charge is -2.02. The maximum absolute atomic E-state index is 10.7. The van der Waals surface area contributed by atoms with Crippen LogP contribution in [0.4, 0.5) is 0 Å². The van der Waals surface area contributed by atoms with Crippen LogP contribution in [0, 0.1) is 0 Å². The van der Waals surface area contributed by atoms with Crippen LogP contribution in [0.25, 0.3) is 0 Å². The van der Waals surface area contributed by atoms with Gasteiger partial charge in [0, 0.05) is 0 Å². The Morgan fingerprint density at radius 2 is 1.92 bits per heavy atom. The minimum Gasteiger partial charge on any atom is -0.465 e. The molecule has 0 aromatic heterocycles. The zero-order chi connectivity index (χ0) is 10.3. The van der Waals surface area contributed by atoms with E-state index in [0.717, 1.165) is 7.11 Å². The smallest absolute Gasteiger partial charge is 0.396 e. The molecule has 0 aromatic carbocycles. The van der Waals surface area contributed by atoms with Gasteiger partial charge in [0.15, 0.2) is 0 Å². The number of rotatable bonds is 3. The largest absolute Gasteiger partial charge is 0.465 e. The second kappa shape index (κ2) is 5.99. The molecule has 13 heavy (non-hydrogen) atoms. The highest BCUT2D eigenvalue weighted by Gasteiger charge is 2.14. The van der Waals surface area contributed by atoms with Gasteiger partial charge in [0.25, 0.3) is 0 Å². The quantitative estimate of drug-likeness (QED) is 0.447. The first-order valence-electron chi connectivity index (χ1n) is 3.63. The van der Waals surface area contributed by atoms with Crippen LogP contribution in [0.2, 0.25) is 0 Å². The summed E-state index contributed by atoms with van der Waals surface area (Å²) in [4.78, 5) is 31.9.